The van der Waals surface area contributed by atoms with Crippen LogP contribution in [0.3, 0.4) is 0 Å². The van der Waals surface area contributed by atoms with E-state index in [4.69, 9.17) is 11.6 Å². The molecule has 3 rings (SSSR count). The number of hydrogen-bond donors (Lipinski definition) is 0. The summed E-state index contributed by atoms with van der Waals surface area (Å²) in [6.07, 6.45) is 3.95. The van der Waals surface area contributed by atoms with Gasteiger partial charge in [0.2, 0.25) is 15.0 Å². The Morgan fingerprint density at radius 3 is 2.50 bits per heavy atom. The highest BCUT2D eigenvalue weighted by Crippen LogP contribution is 2.24. The van der Waals surface area contributed by atoms with Gasteiger partial charge in [-0.3, -0.25) is 0 Å². The molecule has 0 aliphatic heterocycles. The molecule has 1 aliphatic carbocycles. The van der Waals surface area contributed by atoms with Crippen molar-refractivity contribution in [1.29, 1.82) is 0 Å². The van der Waals surface area contributed by atoms with Crippen LogP contribution < -0.4 is 0 Å². The molecule has 0 bridgehead atoms. The Morgan fingerprint density at radius 1 is 1.09 bits per heavy atom. The van der Waals surface area contributed by atoms with Gasteiger partial charge in [0.25, 0.3) is 0 Å². The van der Waals surface area contributed by atoms with Gasteiger partial charge >= 0.3 is 0 Å². The van der Waals surface area contributed by atoms with E-state index in [-0.39, 0.29) is 10.9 Å². The van der Waals surface area contributed by atoms with E-state index >= 15 is 0 Å². The second-order valence-corrected chi connectivity index (χ2v) is 7.93. The quantitative estimate of drug-likeness (QED) is 0.807. The van der Waals surface area contributed by atoms with Crippen molar-refractivity contribution >= 4 is 21.4 Å². The average molecular weight is 337 g/mol. The summed E-state index contributed by atoms with van der Waals surface area (Å²) in [7, 11) is -3.55. The summed E-state index contributed by atoms with van der Waals surface area (Å²) in [4.78, 5) is 8.58. The third-order valence-corrected chi connectivity index (χ3v) is 5.62. The molecule has 22 heavy (non-hydrogen) atoms. The second kappa shape index (κ2) is 5.97. The molecule has 0 fully saturated rings. The van der Waals surface area contributed by atoms with Gasteiger partial charge in [-0.05, 0) is 55.9 Å². The van der Waals surface area contributed by atoms with Crippen molar-refractivity contribution < 1.29 is 8.42 Å². The summed E-state index contributed by atoms with van der Waals surface area (Å²) in [6.45, 7) is 1.87. The number of benzene rings is 1. The van der Waals surface area contributed by atoms with Crippen LogP contribution in [0.4, 0.5) is 0 Å². The van der Waals surface area contributed by atoms with Crippen molar-refractivity contribution in [2.75, 3.05) is 0 Å². The van der Waals surface area contributed by atoms with Gasteiger partial charge in [0.15, 0.2) is 0 Å². The molecule has 6 heteroatoms. The predicted molar refractivity (Wildman–Crippen MR) is 85.8 cm³/mol. The fourth-order valence-electron chi connectivity index (χ4n) is 2.76. The van der Waals surface area contributed by atoms with E-state index in [0.717, 1.165) is 42.6 Å². The SMILES string of the molecule is Cc1nc(S(=O)(=O)Cc2ccc(Cl)cc2)nc2c1CCCC2. The lowest BCUT2D eigenvalue weighted by atomic mass is 9.95. The zero-order valence-corrected chi connectivity index (χ0v) is 13.9. The number of nitrogens with zero attached hydrogens (tertiary/aromatic N) is 2. The molecular formula is C16H17ClN2O2S. The van der Waals surface area contributed by atoms with Crippen molar-refractivity contribution in [1.82, 2.24) is 9.97 Å². The highest BCUT2D eigenvalue weighted by atomic mass is 35.5. The van der Waals surface area contributed by atoms with Crippen molar-refractivity contribution in [2.45, 2.75) is 43.5 Å². The highest BCUT2D eigenvalue weighted by Gasteiger charge is 2.23. The number of aryl methyl sites for hydroxylation is 2. The maximum atomic E-state index is 12.6. The maximum Gasteiger partial charge on any atom is 0.247 e. The summed E-state index contributed by atoms with van der Waals surface area (Å²) >= 11 is 5.83. The van der Waals surface area contributed by atoms with Crippen LogP contribution in [0.5, 0.6) is 0 Å². The van der Waals surface area contributed by atoms with Gasteiger partial charge in [-0.1, -0.05) is 23.7 Å². The molecule has 0 radical (unpaired) electrons. The first-order valence-corrected chi connectivity index (χ1v) is 9.32. The van der Waals surface area contributed by atoms with Crippen molar-refractivity contribution in [3.63, 3.8) is 0 Å². The molecule has 0 unspecified atom stereocenters. The van der Waals surface area contributed by atoms with Gasteiger partial charge < -0.3 is 0 Å². The van der Waals surface area contributed by atoms with Gasteiger partial charge in [0, 0.05) is 16.4 Å². The van der Waals surface area contributed by atoms with Crippen LogP contribution in [-0.2, 0) is 28.4 Å². The summed E-state index contributed by atoms with van der Waals surface area (Å²) in [5.41, 5.74) is 3.49. The number of rotatable bonds is 3. The van der Waals surface area contributed by atoms with Gasteiger partial charge in [0.1, 0.15) is 0 Å². The van der Waals surface area contributed by atoms with E-state index in [1.54, 1.807) is 24.3 Å². The Morgan fingerprint density at radius 2 is 1.77 bits per heavy atom. The minimum absolute atomic E-state index is 0.0550. The van der Waals surface area contributed by atoms with E-state index < -0.39 is 9.84 Å². The van der Waals surface area contributed by atoms with Gasteiger partial charge in [-0.15, -0.1) is 0 Å². The first-order valence-electron chi connectivity index (χ1n) is 7.29. The zero-order valence-electron chi connectivity index (χ0n) is 12.3. The van der Waals surface area contributed by atoms with Crippen LogP contribution in [0.1, 0.15) is 35.4 Å². The monoisotopic (exact) mass is 336 g/mol. The standard InChI is InChI=1S/C16H17ClN2O2S/c1-11-14-4-2-3-5-15(14)19-16(18-11)22(20,21)10-12-6-8-13(17)9-7-12/h6-9H,2-5,10H2,1H3. The van der Waals surface area contributed by atoms with E-state index in [1.807, 2.05) is 6.92 Å². The maximum absolute atomic E-state index is 12.6. The van der Waals surface area contributed by atoms with Crippen LogP contribution in [0.15, 0.2) is 29.4 Å². The minimum atomic E-state index is -3.55. The van der Waals surface area contributed by atoms with Crippen LogP contribution in [0, 0.1) is 6.92 Å². The Kier molecular flexibility index (Phi) is 4.19. The fourth-order valence-corrected chi connectivity index (χ4v) is 4.17. The molecule has 1 aliphatic rings. The van der Waals surface area contributed by atoms with Crippen molar-refractivity contribution in [3.05, 3.63) is 51.8 Å². The van der Waals surface area contributed by atoms with E-state index in [1.165, 1.54) is 0 Å². The molecule has 0 N–H and O–H groups in total. The number of hydrogen-bond acceptors (Lipinski definition) is 4. The van der Waals surface area contributed by atoms with Crippen LogP contribution >= 0.6 is 11.6 Å². The molecule has 116 valence electrons. The molecule has 0 saturated carbocycles. The normalized spacial score (nSPS) is 14.6. The Hall–Kier alpha value is -1.46. The molecule has 0 spiro atoms. The lowest BCUT2D eigenvalue weighted by molar-refractivity contribution is 0.577. The first kappa shape index (κ1) is 15.4. The topological polar surface area (TPSA) is 59.9 Å². The zero-order chi connectivity index (χ0) is 15.7. The van der Waals surface area contributed by atoms with Crippen molar-refractivity contribution in [2.24, 2.45) is 0 Å². The summed E-state index contributed by atoms with van der Waals surface area (Å²) in [6, 6.07) is 6.80. The number of aromatic nitrogens is 2. The molecule has 0 saturated heterocycles. The van der Waals surface area contributed by atoms with E-state index in [0.29, 0.717) is 10.6 Å². The number of sulfone groups is 1. The molecule has 0 atom stereocenters. The first-order chi connectivity index (χ1) is 10.5. The summed E-state index contributed by atoms with van der Waals surface area (Å²) in [5.74, 6) is -0.109. The van der Waals surface area contributed by atoms with Gasteiger partial charge in [-0.2, -0.15) is 0 Å². The summed E-state index contributed by atoms with van der Waals surface area (Å²) in [5, 5.41) is 0.530. The van der Waals surface area contributed by atoms with E-state index in [2.05, 4.69) is 9.97 Å². The smallest absolute Gasteiger partial charge is 0.223 e. The fraction of sp³-hybridized carbons (Fsp3) is 0.375. The van der Waals surface area contributed by atoms with Crippen molar-refractivity contribution in [3.8, 4) is 0 Å². The van der Waals surface area contributed by atoms with Crippen LogP contribution in [-0.4, -0.2) is 18.4 Å². The number of fused-ring (bicyclic) bond motifs is 1. The average Bonchev–Trinajstić information content (AvgIpc) is 2.49. The Bertz CT molecular complexity index is 802. The highest BCUT2D eigenvalue weighted by molar-refractivity contribution is 7.90. The van der Waals surface area contributed by atoms with Crippen LogP contribution in [0.25, 0.3) is 0 Å². The van der Waals surface area contributed by atoms with Crippen LogP contribution in [0.2, 0.25) is 5.02 Å². The molecule has 1 aromatic heterocycles. The third kappa shape index (κ3) is 3.15. The Labute approximate surface area is 135 Å². The number of halogens is 1. The second-order valence-electron chi connectivity index (χ2n) is 5.61. The Balaban J connectivity index is 1.95. The molecule has 0 amide bonds. The molecule has 1 heterocycles. The lowest BCUT2D eigenvalue weighted by Crippen LogP contribution is -2.16. The lowest BCUT2D eigenvalue weighted by Gasteiger charge is -2.17. The summed E-state index contributed by atoms with van der Waals surface area (Å²) < 4.78 is 25.1. The third-order valence-electron chi connectivity index (χ3n) is 3.92. The largest absolute Gasteiger partial charge is 0.247 e. The minimum Gasteiger partial charge on any atom is -0.223 e. The molecule has 4 nitrogen and oxygen atoms in total. The molecule has 2 aromatic rings. The molecular weight excluding hydrogens is 320 g/mol. The predicted octanol–water partition coefficient (Wildman–Crippen LogP) is 3.29. The van der Waals surface area contributed by atoms with Gasteiger partial charge in [0.05, 0.1) is 5.75 Å². The molecule has 1 aromatic carbocycles. The van der Waals surface area contributed by atoms with Gasteiger partial charge in [-0.25, -0.2) is 18.4 Å². The van der Waals surface area contributed by atoms with E-state index in [9.17, 15) is 8.42 Å².